The molecule has 0 amide bonds. The molecule has 2 N–H and O–H groups in total. The Hall–Kier alpha value is -0.860. The van der Waals surface area contributed by atoms with Crippen LogP contribution in [0.25, 0.3) is 0 Å². The lowest BCUT2D eigenvalue weighted by atomic mass is 9.99. The summed E-state index contributed by atoms with van der Waals surface area (Å²) in [7, 11) is 1.83. The first-order valence-corrected chi connectivity index (χ1v) is 11.0. The third kappa shape index (κ3) is 10.6. The van der Waals surface area contributed by atoms with Gasteiger partial charge in [0.2, 0.25) is 0 Å². The summed E-state index contributed by atoms with van der Waals surface area (Å²) in [6, 6.07) is 8.60. The largest absolute Gasteiger partial charge is 0.381 e. The van der Waals surface area contributed by atoms with E-state index >= 15 is 0 Å². The van der Waals surface area contributed by atoms with Gasteiger partial charge in [-0.3, -0.25) is 4.99 Å². The maximum absolute atomic E-state index is 6.04. The minimum absolute atomic E-state index is 0. The number of unbranched alkanes of at least 4 members (excludes halogenated alkanes) is 1. The number of hydrogen-bond donors (Lipinski definition) is 2. The molecule has 1 aliphatic heterocycles. The van der Waals surface area contributed by atoms with Crippen LogP contribution in [0.15, 0.2) is 29.3 Å². The Kier molecular flexibility index (Phi) is 14.4. The summed E-state index contributed by atoms with van der Waals surface area (Å²) in [4.78, 5) is 4.37. The second-order valence-corrected chi connectivity index (χ2v) is 7.67. The van der Waals surface area contributed by atoms with Gasteiger partial charge in [-0.25, -0.2) is 0 Å². The zero-order chi connectivity index (χ0) is 20.0. The average Bonchev–Trinajstić information content (AvgIpc) is 2.75. The molecule has 0 spiro atoms. The van der Waals surface area contributed by atoms with E-state index in [0.717, 1.165) is 45.1 Å². The normalized spacial score (nSPS) is 16.2. The topological polar surface area (TPSA) is 54.9 Å². The Labute approximate surface area is 194 Å². The molecule has 0 aliphatic carbocycles. The predicted molar refractivity (Wildman–Crippen MR) is 132 cm³/mol. The summed E-state index contributed by atoms with van der Waals surface area (Å²) in [6.45, 7) is 8.57. The SMILES string of the molecule is CCCCC(CC)CNC(=NC)NCc1cccc(COC2CCOCC2)c1.I. The highest BCUT2D eigenvalue weighted by atomic mass is 127. The molecule has 1 heterocycles. The highest BCUT2D eigenvalue weighted by Crippen LogP contribution is 2.14. The number of halogens is 1. The average molecular weight is 517 g/mol. The molecule has 1 aromatic rings. The molecule has 1 aliphatic rings. The van der Waals surface area contributed by atoms with E-state index in [4.69, 9.17) is 9.47 Å². The van der Waals surface area contributed by atoms with Gasteiger partial charge in [0.25, 0.3) is 0 Å². The number of aliphatic imine (C=N–C) groups is 1. The maximum atomic E-state index is 6.04. The van der Waals surface area contributed by atoms with Crippen LogP contribution >= 0.6 is 24.0 Å². The summed E-state index contributed by atoms with van der Waals surface area (Å²) in [5.74, 6) is 1.59. The molecule has 6 heteroatoms. The van der Waals surface area contributed by atoms with Crippen LogP contribution in [0.2, 0.25) is 0 Å². The number of ether oxygens (including phenoxy) is 2. The van der Waals surface area contributed by atoms with Crippen molar-refractivity contribution >= 4 is 29.9 Å². The van der Waals surface area contributed by atoms with Gasteiger partial charge >= 0.3 is 0 Å². The lowest BCUT2D eigenvalue weighted by Gasteiger charge is -2.22. The van der Waals surface area contributed by atoms with Crippen molar-refractivity contribution in [3.05, 3.63) is 35.4 Å². The molecular formula is C23H40IN3O2. The number of nitrogens with zero attached hydrogens (tertiary/aromatic N) is 1. The fourth-order valence-electron chi connectivity index (χ4n) is 3.48. The highest BCUT2D eigenvalue weighted by Gasteiger charge is 2.14. The molecule has 0 bridgehead atoms. The molecule has 5 nitrogen and oxygen atoms in total. The number of guanidine groups is 1. The maximum Gasteiger partial charge on any atom is 0.191 e. The molecule has 1 fully saturated rings. The summed E-state index contributed by atoms with van der Waals surface area (Å²) in [5.41, 5.74) is 2.47. The summed E-state index contributed by atoms with van der Waals surface area (Å²) < 4.78 is 11.4. The molecule has 166 valence electrons. The summed E-state index contributed by atoms with van der Waals surface area (Å²) in [6.07, 6.45) is 7.39. The van der Waals surface area contributed by atoms with Gasteiger partial charge in [-0.05, 0) is 36.3 Å². The van der Waals surface area contributed by atoms with Crippen LogP contribution in [0.4, 0.5) is 0 Å². The molecule has 0 radical (unpaired) electrons. The van der Waals surface area contributed by atoms with E-state index in [0.29, 0.717) is 18.6 Å². The lowest BCUT2D eigenvalue weighted by Crippen LogP contribution is -2.39. The van der Waals surface area contributed by atoms with Crippen molar-refractivity contribution in [1.29, 1.82) is 0 Å². The molecule has 29 heavy (non-hydrogen) atoms. The minimum Gasteiger partial charge on any atom is -0.381 e. The molecule has 1 atom stereocenters. The monoisotopic (exact) mass is 517 g/mol. The Bertz CT molecular complexity index is 577. The Morgan fingerprint density at radius 1 is 1.21 bits per heavy atom. The summed E-state index contributed by atoms with van der Waals surface area (Å²) >= 11 is 0. The Balaban J connectivity index is 0.00000420. The second-order valence-electron chi connectivity index (χ2n) is 7.67. The second kappa shape index (κ2) is 15.9. The molecule has 1 aromatic carbocycles. The standard InChI is InChI=1S/C23H39N3O2.HI/c1-4-6-8-19(5-2)16-25-23(24-3)26-17-20-9-7-10-21(15-20)18-28-22-11-13-27-14-12-22;/h7,9-10,15,19,22H,4-6,8,11-14,16-18H2,1-3H3,(H2,24,25,26);1H. The number of hydrogen-bond acceptors (Lipinski definition) is 3. The van der Waals surface area contributed by atoms with E-state index in [1.54, 1.807) is 0 Å². The fourth-order valence-corrected chi connectivity index (χ4v) is 3.48. The van der Waals surface area contributed by atoms with E-state index in [9.17, 15) is 0 Å². The van der Waals surface area contributed by atoms with Crippen molar-refractivity contribution in [1.82, 2.24) is 10.6 Å². The van der Waals surface area contributed by atoms with Crippen LogP contribution in [0.3, 0.4) is 0 Å². The van der Waals surface area contributed by atoms with Crippen molar-refractivity contribution in [3.8, 4) is 0 Å². The third-order valence-corrected chi connectivity index (χ3v) is 5.43. The van der Waals surface area contributed by atoms with Gasteiger partial charge in [0.1, 0.15) is 0 Å². The van der Waals surface area contributed by atoms with Crippen molar-refractivity contribution in [2.75, 3.05) is 26.8 Å². The molecule has 1 unspecified atom stereocenters. The van der Waals surface area contributed by atoms with Crippen LogP contribution in [-0.2, 0) is 22.6 Å². The van der Waals surface area contributed by atoms with E-state index in [2.05, 4.69) is 53.7 Å². The van der Waals surface area contributed by atoms with E-state index < -0.39 is 0 Å². The number of benzene rings is 1. The van der Waals surface area contributed by atoms with Crippen LogP contribution in [0.1, 0.15) is 63.5 Å². The van der Waals surface area contributed by atoms with Crippen molar-refractivity contribution in [2.45, 2.75) is 71.6 Å². The van der Waals surface area contributed by atoms with Gasteiger partial charge in [-0.15, -0.1) is 24.0 Å². The van der Waals surface area contributed by atoms with Crippen LogP contribution in [0.5, 0.6) is 0 Å². The quantitative estimate of drug-likeness (QED) is 0.250. The number of nitrogens with one attached hydrogen (secondary N) is 2. The molecular weight excluding hydrogens is 477 g/mol. The fraction of sp³-hybridized carbons (Fsp3) is 0.696. The number of rotatable bonds is 11. The van der Waals surface area contributed by atoms with Gasteiger partial charge in [0.15, 0.2) is 5.96 Å². The zero-order valence-corrected chi connectivity index (χ0v) is 20.7. The van der Waals surface area contributed by atoms with Gasteiger partial charge in [0.05, 0.1) is 12.7 Å². The van der Waals surface area contributed by atoms with Crippen molar-refractivity contribution < 1.29 is 9.47 Å². The minimum atomic E-state index is 0. The Morgan fingerprint density at radius 3 is 2.66 bits per heavy atom. The van der Waals surface area contributed by atoms with Gasteiger partial charge in [0, 0.05) is 33.4 Å². The molecule has 0 aromatic heterocycles. The van der Waals surface area contributed by atoms with E-state index in [1.165, 1.54) is 36.8 Å². The van der Waals surface area contributed by atoms with Crippen LogP contribution in [-0.4, -0.2) is 38.9 Å². The summed E-state index contributed by atoms with van der Waals surface area (Å²) in [5, 5.41) is 6.92. The first-order valence-electron chi connectivity index (χ1n) is 11.0. The predicted octanol–water partition coefficient (Wildman–Crippen LogP) is 4.88. The highest BCUT2D eigenvalue weighted by molar-refractivity contribution is 14.0. The third-order valence-electron chi connectivity index (χ3n) is 5.43. The van der Waals surface area contributed by atoms with E-state index in [-0.39, 0.29) is 24.0 Å². The van der Waals surface area contributed by atoms with Gasteiger partial charge in [-0.1, -0.05) is 57.4 Å². The van der Waals surface area contributed by atoms with Crippen molar-refractivity contribution in [3.63, 3.8) is 0 Å². The van der Waals surface area contributed by atoms with Crippen LogP contribution in [0, 0.1) is 5.92 Å². The molecule has 0 saturated carbocycles. The first kappa shape index (κ1) is 26.2. The van der Waals surface area contributed by atoms with Crippen molar-refractivity contribution in [2.24, 2.45) is 10.9 Å². The molecule has 1 saturated heterocycles. The molecule has 2 rings (SSSR count). The van der Waals surface area contributed by atoms with Gasteiger partial charge in [-0.2, -0.15) is 0 Å². The Morgan fingerprint density at radius 2 is 1.97 bits per heavy atom. The zero-order valence-electron chi connectivity index (χ0n) is 18.4. The van der Waals surface area contributed by atoms with Crippen LogP contribution < -0.4 is 10.6 Å². The lowest BCUT2D eigenvalue weighted by molar-refractivity contribution is -0.0390. The van der Waals surface area contributed by atoms with E-state index in [1.807, 2.05) is 7.05 Å². The van der Waals surface area contributed by atoms with Gasteiger partial charge < -0.3 is 20.1 Å². The first-order chi connectivity index (χ1) is 13.7. The smallest absolute Gasteiger partial charge is 0.191 e.